The number of nitrogens with zero attached hydrogens (tertiary/aromatic N) is 4. The number of rotatable bonds is 4. The second-order valence-corrected chi connectivity index (χ2v) is 7.11. The van der Waals surface area contributed by atoms with E-state index in [0.717, 1.165) is 40.2 Å². The Balaban J connectivity index is 1.65. The fraction of sp³-hybridized carbons (Fsp3) is 0.182. The van der Waals surface area contributed by atoms with Gasteiger partial charge in [0.1, 0.15) is 5.82 Å². The van der Waals surface area contributed by atoms with E-state index in [9.17, 15) is 0 Å². The van der Waals surface area contributed by atoms with E-state index >= 15 is 0 Å². The molecule has 2 N–H and O–H groups in total. The number of hydrogen-bond acceptors (Lipinski definition) is 6. The van der Waals surface area contributed by atoms with Crippen LogP contribution in [-0.2, 0) is 0 Å². The molecule has 0 saturated heterocycles. The molecule has 0 fully saturated rings. The summed E-state index contributed by atoms with van der Waals surface area (Å²) in [6, 6.07) is 21.6. The summed E-state index contributed by atoms with van der Waals surface area (Å²) in [7, 11) is 0. The van der Waals surface area contributed by atoms with Crippen molar-refractivity contribution in [2.45, 2.75) is 19.5 Å². The minimum atomic E-state index is -0.202. The standard InChI is InChI=1S/C22H22N6/c1-22(2)23-15-14-21(24-22)28-27-20-13-12-19(17-10-6-7-11-18(17)20)26-25-16-8-4-3-5-9-16/h3-14,23-24H,15H2,1-2H3. The van der Waals surface area contributed by atoms with Gasteiger partial charge in [-0.05, 0) is 44.2 Å². The molecule has 6 heteroatoms. The predicted molar refractivity (Wildman–Crippen MR) is 112 cm³/mol. The molecule has 0 spiro atoms. The Kier molecular flexibility index (Phi) is 4.95. The fourth-order valence-corrected chi connectivity index (χ4v) is 3.04. The Morgan fingerprint density at radius 2 is 1.32 bits per heavy atom. The molecule has 3 aromatic carbocycles. The van der Waals surface area contributed by atoms with Gasteiger partial charge in [0, 0.05) is 17.3 Å². The molecule has 1 aliphatic rings. The normalized spacial score (nSPS) is 16.4. The summed E-state index contributed by atoms with van der Waals surface area (Å²) in [5, 5.41) is 26.3. The fourth-order valence-electron chi connectivity index (χ4n) is 3.04. The molecule has 0 atom stereocenters. The Labute approximate surface area is 164 Å². The topological polar surface area (TPSA) is 73.5 Å². The summed E-state index contributed by atoms with van der Waals surface area (Å²) in [6.45, 7) is 4.89. The summed E-state index contributed by atoms with van der Waals surface area (Å²) >= 11 is 0. The van der Waals surface area contributed by atoms with Crippen LogP contribution in [0, 0.1) is 0 Å². The molecule has 1 heterocycles. The van der Waals surface area contributed by atoms with Crippen LogP contribution in [-0.4, -0.2) is 12.2 Å². The number of fused-ring (bicyclic) bond motifs is 1. The molecule has 6 nitrogen and oxygen atoms in total. The van der Waals surface area contributed by atoms with Gasteiger partial charge in [-0.25, -0.2) is 0 Å². The molecule has 140 valence electrons. The van der Waals surface area contributed by atoms with Gasteiger partial charge in [0.2, 0.25) is 0 Å². The van der Waals surface area contributed by atoms with Gasteiger partial charge in [-0.3, -0.25) is 5.32 Å². The molecule has 0 saturated carbocycles. The van der Waals surface area contributed by atoms with Gasteiger partial charge < -0.3 is 5.32 Å². The summed E-state index contributed by atoms with van der Waals surface area (Å²) < 4.78 is 0. The van der Waals surface area contributed by atoms with E-state index in [1.54, 1.807) is 0 Å². The van der Waals surface area contributed by atoms with Crippen molar-refractivity contribution in [3.05, 3.63) is 78.6 Å². The Morgan fingerprint density at radius 3 is 1.96 bits per heavy atom. The van der Waals surface area contributed by atoms with Crippen LogP contribution in [0.2, 0.25) is 0 Å². The first-order valence-electron chi connectivity index (χ1n) is 9.24. The third-order valence-electron chi connectivity index (χ3n) is 4.45. The molecule has 28 heavy (non-hydrogen) atoms. The first-order valence-corrected chi connectivity index (χ1v) is 9.24. The summed E-state index contributed by atoms with van der Waals surface area (Å²) in [5.41, 5.74) is 2.22. The van der Waals surface area contributed by atoms with Crippen LogP contribution in [0.4, 0.5) is 17.1 Å². The van der Waals surface area contributed by atoms with E-state index in [-0.39, 0.29) is 5.66 Å². The van der Waals surface area contributed by atoms with Crippen molar-refractivity contribution in [1.82, 2.24) is 10.6 Å². The van der Waals surface area contributed by atoms with Crippen LogP contribution in [0.25, 0.3) is 10.8 Å². The van der Waals surface area contributed by atoms with E-state index in [1.165, 1.54) is 0 Å². The summed E-state index contributed by atoms with van der Waals surface area (Å²) in [6.07, 6.45) is 1.99. The van der Waals surface area contributed by atoms with Crippen LogP contribution in [0.5, 0.6) is 0 Å². The quantitative estimate of drug-likeness (QED) is 0.544. The number of benzene rings is 3. The molecule has 0 bridgehead atoms. The number of nitrogens with one attached hydrogen (secondary N) is 2. The predicted octanol–water partition coefficient (Wildman–Crippen LogP) is 6.11. The largest absolute Gasteiger partial charge is 0.351 e. The second kappa shape index (κ2) is 7.70. The van der Waals surface area contributed by atoms with Crippen LogP contribution in [0.15, 0.2) is 99.1 Å². The van der Waals surface area contributed by atoms with Crippen molar-refractivity contribution in [3.8, 4) is 0 Å². The molecule has 0 aromatic heterocycles. The molecular weight excluding hydrogens is 348 g/mol. The Hall–Kier alpha value is -3.38. The van der Waals surface area contributed by atoms with Gasteiger partial charge in [0.25, 0.3) is 0 Å². The smallest absolute Gasteiger partial charge is 0.147 e. The van der Waals surface area contributed by atoms with Gasteiger partial charge >= 0.3 is 0 Å². The average Bonchev–Trinajstić information content (AvgIpc) is 2.71. The maximum atomic E-state index is 4.48. The van der Waals surface area contributed by atoms with Gasteiger partial charge in [-0.1, -0.05) is 42.5 Å². The van der Waals surface area contributed by atoms with E-state index in [2.05, 4.69) is 44.9 Å². The monoisotopic (exact) mass is 370 g/mol. The zero-order valence-corrected chi connectivity index (χ0v) is 15.9. The van der Waals surface area contributed by atoms with E-state index < -0.39 is 0 Å². The molecule has 3 aromatic rings. The highest BCUT2D eigenvalue weighted by Gasteiger charge is 2.20. The molecule has 1 aliphatic heterocycles. The van der Waals surface area contributed by atoms with Gasteiger partial charge in [-0.2, -0.15) is 5.11 Å². The highest BCUT2D eigenvalue weighted by atomic mass is 15.3. The number of azo groups is 2. The molecule has 0 unspecified atom stereocenters. The lowest BCUT2D eigenvalue weighted by Gasteiger charge is -2.31. The average molecular weight is 370 g/mol. The van der Waals surface area contributed by atoms with Crippen LogP contribution in [0.3, 0.4) is 0 Å². The molecule has 0 aliphatic carbocycles. The Bertz CT molecular complexity index is 1070. The highest BCUT2D eigenvalue weighted by molar-refractivity contribution is 5.99. The lowest BCUT2D eigenvalue weighted by atomic mass is 10.1. The molecule has 0 amide bonds. The van der Waals surface area contributed by atoms with Crippen molar-refractivity contribution >= 4 is 27.8 Å². The first kappa shape index (κ1) is 18.0. The molecular formula is C22H22N6. The SMILES string of the molecule is CC1(C)NCC=C(N=Nc2ccc(N=Nc3ccccc3)c3ccccc23)N1. The first-order chi connectivity index (χ1) is 13.6. The van der Waals surface area contributed by atoms with E-state index in [0.29, 0.717) is 0 Å². The maximum absolute atomic E-state index is 4.48. The second-order valence-electron chi connectivity index (χ2n) is 7.11. The van der Waals surface area contributed by atoms with Gasteiger partial charge in [-0.15, -0.1) is 15.3 Å². The van der Waals surface area contributed by atoms with Gasteiger partial charge in [0.05, 0.1) is 22.7 Å². The van der Waals surface area contributed by atoms with Crippen LogP contribution in [0.1, 0.15) is 13.8 Å². The highest BCUT2D eigenvalue weighted by Crippen LogP contribution is 2.34. The molecule has 4 rings (SSSR count). The van der Waals surface area contributed by atoms with Crippen molar-refractivity contribution in [2.24, 2.45) is 20.5 Å². The minimum absolute atomic E-state index is 0.202. The summed E-state index contributed by atoms with van der Waals surface area (Å²) in [5.74, 6) is 0.765. The zero-order valence-electron chi connectivity index (χ0n) is 15.9. The maximum Gasteiger partial charge on any atom is 0.147 e. The van der Waals surface area contributed by atoms with Crippen LogP contribution >= 0.6 is 0 Å². The lowest BCUT2D eigenvalue weighted by molar-refractivity contribution is 0.334. The van der Waals surface area contributed by atoms with E-state index in [1.807, 2.05) is 72.8 Å². The third-order valence-corrected chi connectivity index (χ3v) is 4.45. The minimum Gasteiger partial charge on any atom is -0.351 e. The molecule has 0 radical (unpaired) electrons. The van der Waals surface area contributed by atoms with Crippen LogP contribution < -0.4 is 10.6 Å². The van der Waals surface area contributed by atoms with Crippen molar-refractivity contribution in [1.29, 1.82) is 0 Å². The van der Waals surface area contributed by atoms with Crippen molar-refractivity contribution in [2.75, 3.05) is 6.54 Å². The lowest BCUT2D eigenvalue weighted by Crippen LogP contribution is -2.54. The van der Waals surface area contributed by atoms with E-state index in [4.69, 9.17) is 0 Å². The third kappa shape index (κ3) is 4.13. The van der Waals surface area contributed by atoms with Crippen molar-refractivity contribution in [3.63, 3.8) is 0 Å². The number of hydrogen-bond donors (Lipinski definition) is 2. The van der Waals surface area contributed by atoms with Gasteiger partial charge in [0.15, 0.2) is 0 Å². The van der Waals surface area contributed by atoms with Crippen molar-refractivity contribution < 1.29 is 0 Å². The summed E-state index contributed by atoms with van der Waals surface area (Å²) in [4.78, 5) is 0. The Morgan fingerprint density at radius 1 is 0.714 bits per heavy atom. The zero-order chi connectivity index (χ0) is 19.4.